The van der Waals surface area contributed by atoms with Gasteiger partial charge in [0.2, 0.25) is 5.91 Å². The van der Waals surface area contributed by atoms with E-state index in [-0.39, 0.29) is 17.8 Å². The van der Waals surface area contributed by atoms with E-state index >= 15 is 0 Å². The number of carbonyl (C=O) groups is 1. The largest absolute Gasteiger partial charge is 0.331 e. The third-order valence-electron chi connectivity index (χ3n) is 4.22. The van der Waals surface area contributed by atoms with E-state index in [1.165, 1.54) is 12.1 Å². The number of halogens is 1. The van der Waals surface area contributed by atoms with Crippen molar-refractivity contribution in [1.29, 1.82) is 0 Å². The minimum absolute atomic E-state index is 0.0155. The molecule has 1 saturated heterocycles. The number of thioether (sulfide) groups is 1. The van der Waals surface area contributed by atoms with Gasteiger partial charge in [-0.05, 0) is 23.8 Å². The molecule has 1 N–H and O–H groups in total. The number of nitrogens with zero attached hydrogens (tertiary/aromatic N) is 3. The standard InChI is InChI=1S/C18H21FN4OS/c1-23(16(24)11-15-12-25-10-9-20-15)17(18-21-7-2-8-22-18)13-3-5-14(19)6-4-13/h2-8,15,17,20H,9-12H2,1H3. The van der Waals surface area contributed by atoms with E-state index in [2.05, 4.69) is 15.3 Å². The zero-order valence-electron chi connectivity index (χ0n) is 14.1. The van der Waals surface area contributed by atoms with Gasteiger partial charge in [0.25, 0.3) is 0 Å². The molecule has 7 heteroatoms. The molecule has 1 amide bonds. The number of aromatic nitrogens is 2. The molecule has 2 unspecified atom stereocenters. The molecule has 5 nitrogen and oxygen atoms in total. The highest BCUT2D eigenvalue weighted by Crippen LogP contribution is 2.26. The normalized spacial score (nSPS) is 18.6. The smallest absolute Gasteiger partial charge is 0.224 e. The number of hydrogen-bond donors (Lipinski definition) is 1. The summed E-state index contributed by atoms with van der Waals surface area (Å²) in [6.45, 7) is 0.926. The fourth-order valence-corrected chi connectivity index (χ4v) is 3.84. The van der Waals surface area contributed by atoms with Crippen LogP contribution in [0.15, 0.2) is 42.7 Å². The molecular weight excluding hydrogens is 339 g/mol. The van der Waals surface area contributed by atoms with E-state index in [1.807, 2.05) is 11.8 Å². The summed E-state index contributed by atoms with van der Waals surface area (Å²) in [5.74, 6) is 2.24. The second-order valence-electron chi connectivity index (χ2n) is 6.00. The molecule has 0 spiro atoms. The van der Waals surface area contributed by atoms with Crippen LogP contribution in [0, 0.1) is 5.82 Å². The summed E-state index contributed by atoms with van der Waals surface area (Å²) in [4.78, 5) is 23.1. The Labute approximate surface area is 151 Å². The number of nitrogens with one attached hydrogen (secondary N) is 1. The number of benzene rings is 1. The van der Waals surface area contributed by atoms with E-state index in [0.29, 0.717) is 12.2 Å². The first kappa shape index (κ1) is 17.8. The van der Waals surface area contributed by atoms with Crippen LogP contribution in [0.1, 0.15) is 23.9 Å². The average molecular weight is 360 g/mol. The molecule has 25 heavy (non-hydrogen) atoms. The van der Waals surface area contributed by atoms with Crippen molar-refractivity contribution in [3.05, 3.63) is 59.9 Å². The maximum Gasteiger partial charge on any atom is 0.224 e. The van der Waals surface area contributed by atoms with E-state index in [9.17, 15) is 9.18 Å². The Kier molecular flexibility index (Phi) is 5.99. The van der Waals surface area contributed by atoms with Crippen molar-refractivity contribution >= 4 is 17.7 Å². The SMILES string of the molecule is CN(C(=O)CC1CSCCN1)C(c1ccc(F)cc1)c1ncccn1. The van der Waals surface area contributed by atoms with Gasteiger partial charge in [-0.15, -0.1) is 0 Å². The highest BCUT2D eigenvalue weighted by Gasteiger charge is 2.28. The van der Waals surface area contributed by atoms with Gasteiger partial charge in [-0.25, -0.2) is 14.4 Å². The molecule has 0 saturated carbocycles. The number of rotatable bonds is 5. The summed E-state index contributed by atoms with van der Waals surface area (Å²) >= 11 is 1.86. The summed E-state index contributed by atoms with van der Waals surface area (Å²) in [6.07, 6.45) is 3.72. The number of hydrogen-bond acceptors (Lipinski definition) is 5. The molecule has 0 radical (unpaired) electrons. The van der Waals surface area contributed by atoms with Crippen molar-refractivity contribution < 1.29 is 9.18 Å². The van der Waals surface area contributed by atoms with Crippen molar-refractivity contribution in [1.82, 2.24) is 20.2 Å². The fraction of sp³-hybridized carbons (Fsp3) is 0.389. The van der Waals surface area contributed by atoms with Crippen molar-refractivity contribution in [2.45, 2.75) is 18.5 Å². The molecule has 1 aliphatic heterocycles. The van der Waals surface area contributed by atoms with Crippen molar-refractivity contribution in [3.8, 4) is 0 Å². The maximum absolute atomic E-state index is 13.3. The molecular formula is C18H21FN4OS. The second-order valence-corrected chi connectivity index (χ2v) is 7.15. The Bertz CT molecular complexity index is 692. The van der Waals surface area contributed by atoms with Crippen LogP contribution in [0.25, 0.3) is 0 Å². The first-order valence-electron chi connectivity index (χ1n) is 8.24. The molecule has 1 fully saturated rings. The first-order chi connectivity index (χ1) is 12.1. The lowest BCUT2D eigenvalue weighted by atomic mass is 10.0. The lowest BCUT2D eigenvalue weighted by Crippen LogP contribution is -2.42. The highest BCUT2D eigenvalue weighted by atomic mass is 32.2. The minimum atomic E-state index is -0.439. The Morgan fingerprint density at radius 3 is 2.72 bits per heavy atom. The van der Waals surface area contributed by atoms with E-state index in [0.717, 1.165) is 23.6 Å². The summed E-state index contributed by atoms with van der Waals surface area (Å²) in [6, 6.07) is 7.61. The van der Waals surface area contributed by atoms with E-state index in [4.69, 9.17) is 0 Å². The van der Waals surface area contributed by atoms with Crippen molar-refractivity contribution in [2.24, 2.45) is 0 Å². The Balaban J connectivity index is 1.82. The molecule has 1 aromatic heterocycles. The van der Waals surface area contributed by atoms with Crippen LogP contribution in [0.3, 0.4) is 0 Å². The highest BCUT2D eigenvalue weighted by molar-refractivity contribution is 7.99. The number of amides is 1. The predicted octanol–water partition coefficient (Wildman–Crippen LogP) is 2.26. The van der Waals surface area contributed by atoms with Gasteiger partial charge in [-0.1, -0.05) is 12.1 Å². The monoisotopic (exact) mass is 360 g/mol. The molecule has 1 aromatic carbocycles. The Hall–Kier alpha value is -1.99. The van der Waals surface area contributed by atoms with Gasteiger partial charge in [-0.3, -0.25) is 4.79 Å². The summed E-state index contributed by atoms with van der Waals surface area (Å²) in [7, 11) is 1.75. The van der Waals surface area contributed by atoms with Crippen LogP contribution >= 0.6 is 11.8 Å². The van der Waals surface area contributed by atoms with Gasteiger partial charge in [0.1, 0.15) is 11.9 Å². The molecule has 1 aliphatic rings. The van der Waals surface area contributed by atoms with E-state index in [1.54, 1.807) is 42.5 Å². The molecule has 0 aliphatic carbocycles. The molecule has 132 valence electrons. The summed E-state index contributed by atoms with van der Waals surface area (Å²) < 4.78 is 13.3. The van der Waals surface area contributed by atoms with Gasteiger partial charge < -0.3 is 10.2 Å². The van der Waals surface area contributed by atoms with E-state index < -0.39 is 6.04 Å². The Morgan fingerprint density at radius 1 is 1.36 bits per heavy atom. The molecule has 3 rings (SSSR count). The minimum Gasteiger partial charge on any atom is -0.331 e. The third-order valence-corrected chi connectivity index (χ3v) is 5.35. The number of carbonyl (C=O) groups excluding carboxylic acids is 1. The van der Waals surface area contributed by atoms with Crippen LogP contribution in [0.2, 0.25) is 0 Å². The van der Waals surface area contributed by atoms with Gasteiger partial charge in [0.05, 0.1) is 0 Å². The molecule has 0 bridgehead atoms. The maximum atomic E-state index is 13.3. The van der Waals surface area contributed by atoms with Gasteiger partial charge in [-0.2, -0.15) is 11.8 Å². The summed E-state index contributed by atoms with van der Waals surface area (Å²) in [5, 5.41) is 3.38. The topological polar surface area (TPSA) is 58.1 Å². The lowest BCUT2D eigenvalue weighted by Gasteiger charge is -2.30. The molecule has 2 atom stereocenters. The zero-order chi connectivity index (χ0) is 17.6. The van der Waals surface area contributed by atoms with Gasteiger partial charge >= 0.3 is 0 Å². The average Bonchev–Trinajstić information content (AvgIpc) is 2.65. The van der Waals surface area contributed by atoms with Crippen molar-refractivity contribution in [3.63, 3.8) is 0 Å². The molecule has 2 aromatic rings. The van der Waals surface area contributed by atoms with Crippen LogP contribution in [0.5, 0.6) is 0 Å². The van der Waals surface area contributed by atoms with Gasteiger partial charge in [0.15, 0.2) is 5.82 Å². The Morgan fingerprint density at radius 2 is 2.08 bits per heavy atom. The van der Waals surface area contributed by atoms with Crippen LogP contribution in [0.4, 0.5) is 4.39 Å². The zero-order valence-corrected chi connectivity index (χ0v) is 14.9. The van der Waals surface area contributed by atoms with Gasteiger partial charge in [0, 0.05) is 50.0 Å². The lowest BCUT2D eigenvalue weighted by molar-refractivity contribution is -0.132. The van der Waals surface area contributed by atoms with Crippen LogP contribution < -0.4 is 5.32 Å². The summed E-state index contributed by atoms with van der Waals surface area (Å²) in [5.41, 5.74) is 0.787. The van der Waals surface area contributed by atoms with Crippen LogP contribution in [-0.4, -0.2) is 51.9 Å². The second kappa shape index (κ2) is 8.40. The predicted molar refractivity (Wildman–Crippen MR) is 96.8 cm³/mol. The third kappa shape index (κ3) is 4.55. The first-order valence-corrected chi connectivity index (χ1v) is 9.40. The quantitative estimate of drug-likeness (QED) is 0.886. The molecule has 2 heterocycles. The fourth-order valence-electron chi connectivity index (χ4n) is 2.89. The van der Waals surface area contributed by atoms with Crippen LogP contribution in [-0.2, 0) is 4.79 Å². The van der Waals surface area contributed by atoms with Crippen molar-refractivity contribution in [2.75, 3.05) is 25.1 Å².